The lowest BCUT2D eigenvalue weighted by Crippen LogP contribution is -2.42. The zero-order chi connectivity index (χ0) is 9.78. The van der Waals surface area contributed by atoms with Crippen LogP contribution in [0.15, 0.2) is 0 Å². The molecule has 0 aromatic heterocycles. The minimum atomic E-state index is -5.07. The van der Waals surface area contributed by atoms with Crippen molar-refractivity contribution in [3.63, 3.8) is 0 Å². The molecule has 0 aliphatic rings. The number of halogens is 4. The van der Waals surface area contributed by atoms with E-state index in [9.17, 15) is 22.8 Å². The van der Waals surface area contributed by atoms with Gasteiger partial charge in [-0.05, 0) is 0 Å². The van der Waals surface area contributed by atoms with Gasteiger partial charge in [-0.15, -0.1) is 17.0 Å². The predicted octanol–water partition coefficient (Wildman–Crippen LogP) is -0.0503. The summed E-state index contributed by atoms with van der Waals surface area (Å²) in [7, 11) is 0. The Hall–Kier alpha value is -0.980. The van der Waals surface area contributed by atoms with E-state index in [0.717, 1.165) is 0 Å². The van der Waals surface area contributed by atoms with Crippen LogP contribution in [0.2, 0.25) is 0 Å². The van der Waals surface area contributed by atoms with E-state index in [2.05, 4.69) is 5.43 Å². The van der Waals surface area contributed by atoms with Gasteiger partial charge in [0.2, 0.25) is 0 Å². The smallest absolute Gasteiger partial charge is 0.272 e. The van der Waals surface area contributed by atoms with Crippen LogP contribution in [0.1, 0.15) is 0 Å². The van der Waals surface area contributed by atoms with Crippen LogP contribution in [0, 0.1) is 0 Å². The summed E-state index contributed by atoms with van der Waals surface area (Å²) in [5, 5.41) is 0. The third-order valence-corrected chi connectivity index (χ3v) is 0.889. The van der Waals surface area contributed by atoms with Crippen molar-refractivity contribution in [2.75, 3.05) is 5.88 Å². The molecule has 12 heavy (non-hydrogen) atoms. The Labute approximate surface area is 70.0 Å². The standard InChI is InChI=1S/C4H3ClF3N2O2/c5-1-2(11)9-10-3(12)4(6,7)8/h1H2,(H,9,11). The number of hydrogen-bond donors (Lipinski definition) is 1. The van der Waals surface area contributed by atoms with Crippen LogP contribution in [-0.2, 0) is 9.59 Å². The van der Waals surface area contributed by atoms with E-state index in [1.165, 1.54) is 5.43 Å². The molecule has 1 radical (unpaired) electrons. The topological polar surface area (TPSA) is 60.3 Å². The van der Waals surface area contributed by atoms with Crippen LogP contribution in [0.25, 0.3) is 0 Å². The van der Waals surface area contributed by atoms with Crippen molar-refractivity contribution >= 4 is 23.4 Å². The molecule has 4 nitrogen and oxygen atoms in total. The van der Waals surface area contributed by atoms with E-state index in [-0.39, 0.29) is 0 Å². The first-order valence-electron chi connectivity index (χ1n) is 2.54. The summed E-state index contributed by atoms with van der Waals surface area (Å²) in [6.45, 7) is 0. The first-order chi connectivity index (χ1) is 5.38. The molecule has 0 bridgehead atoms. The van der Waals surface area contributed by atoms with Crippen LogP contribution in [0.4, 0.5) is 13.2 Å². The molecule has 0 heterocycles. The van der Waals surface area contributed by atoms with E-state index in [1.54, 1.807) is 0 Å². The zero-order valence-electron chi connectivity index (χ0n) is 5.48. The van der Waals surface area contributed by atoms with Crippen molar-refractivity contribution in [2.24, 2.45) is 0 Å². The quantitative estimate of drug-likeness (QED) is 0.480. The Bertz CT molecular complexity index is 193. The van der Waals surface area contributed by atoms with E-state index < -0.39 is 23.9 Å². The molecule has 2 amide bonds. The van der Waals surface area contributed by atoms with Crippen molar-refractivity contribution < 1.29 is 22.8 Å². The zero-order valence-corrected chi connectivity index (χ0v) is 6.24. The predicted molar refractivity (Wildman–Crippen MR) is 32.1 cm³/mol. The highest BCUT2D eigenvalue weighted by Crippen LogP contribution is 2.13. The van der Waals surface area contributed by atoms with Crippen LogP contribution in [-0.4, -0.2) is 23.9 Å². The number of carbonyl (C=O) groups excluding carboxylic acids is 2. The van der Waals surface area contributed by atoms with Gasteiger partial charge in [0.1, 0.15) is 5.88 Å². The number of carbonyl (C=O) groups is 2. The fraction of sp³-hybridized carbons (Fsp3) is 0.500. The fourth-order valence-electron chi connectivity index (χ4n) is 0.206. The number of nitrogens with one attached hydrogen (secondary N) is 1. The van der Waals surface area contributed by atoms with Gasteiger partial charge >= 0.3 is 12.1 Å². The maximum absolute atomic E-state index is 11.4. The van der Waals surface area contributed by atoms with Crippen molar-refractivity contribution in [1.82, 2.24) is 10.9 Å². The molecule has 0 aliphatic heterocycles. The molecular weight excluding hydrogens is 201 g/mol. The SMILES string of the molecule is O=C(CCl)N[N]C(=O)C(F)(F)F. The minimum Gasteiger partial charge on any atom is -0.272 e. The summed E-state index contributed by atoms with van der Waals surface area (Å²) in [6, 6.07) is 0. The van der Waals surface area contributed by atoms with Crippen molar-refractivity contribution in [3.05, 3.63) is 0 Å². The molecule has 0 saturated heterocycles. The Kier molecular flexibility index (Phi) is 3.81. The highest BCUT2D eigenvalue weighted by Gasteiger charge is 2.40. The van der Waals surface area contributed by atoms with E-state index in [0.29, 0.717) is 0 Å². The Morgan fingerprint density at radius 3 is 2.25 bits per heavy atom. The lowest BCUT2D eigenvalue weighted by molar-refractivity contribution is -0.175. The van der Waals surface area contributed by atoms with Gasteiger partial charge in [-0.2, -0.15) is 13.2 Å². The number of nitrogens with zero attached hydrogens (tertiary/aromatic N) is 1. The first-order valence-corrected chi connectivity index (χ1v) is 3.08. The minimum absolute atomic E-state index is 0.561. The monoisotopic (exact) mass is 203 g/mol. The van der Waals surface area contributed by atoms with Gasteiger partial charge in [0.15, 0.2) is 0 Å². The molecule has 0 rings (SSSR count). The van der Waals surface area contributed by atoms with E-state index in [1.807, 2.05) is 0 Å². The molecule has 0 aliphatic carbocycles. The van der Waals surface area contributed by atoms with E-state index in [4.69, 9.17) is 11.6 Å². The Balaban J connectivity index is 3.81. The lowest BCUT2D eigenvalue weighted by atomic mass is 10.6. The van der Waals surface area contributed by atoms with Crippen LogP contribution in [0.5, 0.6) is 0 Å². The first kappa shape index (κ1) is 11.0. The molecule has 8 heteroatoms. The second-order valence-electron chi connectivity index (χ2n) is 1.58. The van der Waals surface area contributed by atoms with Crippen LogP contribution < -0.4 is 10.9 Å². The molecule has 0 atom stereocenters. The lowest BCUT2D eigenvalue weighted by Gasteiger charge is -2.03. The van der Waals surface area contributed by atoms with Gasteiger partial charge in [-0.25, -0.2) is 5.43 Å². The number of rotatable bonds is 1. The average molecular weight is 204 g/mol. The molecule has 0 aromatic carbocycles. The van der Waals surface area contributed by atoms with Crippen molar-refractivity contribution in [3.8, 4) is 0 Å². The van der Waals surface area contributed by atoms with Gasteiger partial charge < -0.3 is 0 Å². The average Bonchev–Trinajstić information content (AvgIpc) is 1.97. The summed E-state index contributed by atoms with van der Waals surface area (Å²) in [5.41, 5.74) is 3.54. The van der Waals surface area contributed by atoms with Gasteiger partial charge in [0.25, 0.3) is 5.91 Å². The highest BCUT2D eigenvalue weighted by molar-refractivity contribution is 6.27. The number of amides is 2. The number of alkyl halides is 4. The molecule has 69 valence electrons. The maximum atomic E-state index is 11.4. The van der Waals surface area contributed by atoms with Crippen LogP contribution in [0.3, 0.4) is 0 Å². The fourth-order valence-corrected chi connectivity index (χ4v) is 0.266. The molecule has 0 fully saturated rings. The van der Waals surface area contributed by atoms with Crippen molar-refractivity contribution in [2.45, 2.75) is 6.18 Å². The summed E-state index contributed by atoms with van der Waals surface area (Å²) < 4.78 is 34.1. The molecule has 0 unspecified atom stereocenters. The molecule has 0 spiro atoms. The summed E-state index contributed by atoms with van der Waals surface area (Å²) >= 11 is 4.89. The van der Waals surface area contributed by atoms with Gasteiger partial charge in [-0.3, -0.25) is 9.59 Å². The second-order valence-corrected chi connectivity index (χ2v) is 1.85. The van der Waals surface area contributed by atoms with Gasteiger partial charge in [0, 0.05) is 0 Å². The number of hydrogen-bond acceptors (Lipinski definition) is 2. The van der Waals surface area contributed by atoms with E-state index >= 15 is 0 Å². The Morgan fingerprint density at radius 2 is 1.92 bits per heavy atom. The molecule has 1 N–H and O–H groups in total. The van der Waals surface area contributed by atoms with Gasteiger partial charge in [0.05, 0.1) is 0 Å². The summed E-state index contributed by atoms with van der Waals surface area (Å²) in [4.78, 5) is 20.1. The maximum Gasteiger partial charge on any atom is 0.475 e. The van der Waals surface area contributed by atoms with Crippen molar-refractivity contribution in [1.29, 1.82) is 0 Å². The highest BCUT2D eigenvalue weighted by atomic mass is 35.5. The largest absolute Gasteiger partial charge is 0.475 e. The second kappa shape index (κ2) is 4.15. The Morgan fingerprint density at radius 1 is 1.42 bits per heavy atom. The van der Waals surface area contributed by atoms with Gasteiger partial charge in [-0.1, -0.05) is 0 Å². The third-order valence-electron chi connectivity index (χ3n) is 0.646. The summed E-state index contributed by atoms with van der Waals surface area (Å²) in [5.74, 6) is -3.91. The normalized spacial score (nSPS) is 10.7. The molecular formula is C4H3ClF3N2O2. The summed E-state index contributed by atoms with van der Waals surface area (Å²) in [6.07, 6.45) is -5.07. The molecule has 0 aromatic rings. The third kappa shape index (κ3) is 4.02. The molecule has 0 saturated carbocycles. The van der Waals surface area contributed by atoms with Crippen LogP contribution >= 0.6 is 11.6 Å².